The highest BCUT2D eigenvalue weighted by Gasteiger charge is 2.31. The van der Waals surface area contributed by atoms with Crippen molar-refractivity contribution in [2.24, 2.45) is 0 Å². The molecule has 0 aliphatic carbocycles. The zero-order valence-corrected chi connectivity index (χ0v) is 16.3. The average molecular weight is 382 g/mol. The third-order valence-electron chi connectivity index (χ3n) is 4.07. The van der Waals surface area contributed by atoms with Gasteiger partial charge in [0.05, 0.1) is 11.7 Å². The number of nitrogen functional groups attached to an aromatic ring is 1. The Morgan fingerprint density at radius 1 is 1.08 bits per heavy atom. The molecule has 0 spiro atoms. The molecular formula is C18H24F2N4OS. The normalized spacial score (nSPS) is 15.5. The monoisotopic (exact) mass is 382 g/mol. The maximum Gasteiger partial charge on any atom is 0.146 e. The molecular weight excluding hydrogens is 358 g/mol. The molecule has 3 N–H and O–H groups in total. The minimum Gasteiger partial charge on any atom is -0.598 e. The van der Waals surface area contributed by atoms with E-state index in [0.29, 0.717) is 11.3 Å². The van der Waals surface area contributed by atoms with Crippen LogP contribution in [0.3, 0.4) is 0 Å². The molecule has 142 valence electrons. The van der Waals surface area contributed by atoms with Gasteiger partial charge in [0.2, 0.25) is 0 Å². The Morgan fingerprint density at radius 3 is 2.19 bits per heavy atom. The van der Waals surface area contributed by atoms with Crippen molar-refractivity contribution in [2.45, 2.75) is 51.3 Å². The molecule has 2 aromatic rings. The SMILES string of the molecule is CC(c1cc(N)nnc1-c1cc(F)cc(F)c1)[C@H](C)N[S+]([O-])C(C)(C)C. The van der Waals surface area contributed by atoms with Gasteiger partial charge in [0.15, 0.2) is 0 Å². The molecule has 0 saturated heterocycles. The Morgan fingerprint density at radius 2 is 1.65 bits per heavy atom. The fraction of sp³-hybridized carbons (Fsp3) is 0.444. The fourth-order valence-corrected chi connectivity index (χ4v) is 3.30. The van der Waals surface area contributed by atoms with E-state index in [-0.39, 0.29) is 23.3 Å². The molecule has 0 aliphatic rings. The van der Waals surface area contributed by atoms with Crippen LogP contribution in [0.5, 0.6) is 0 Å². The Labute approximate surface area is 155 Å². The lowest BCUT2D eigenvalue weighted by Crippen LogP contribution is -2.45. The summed E-state index contributed by atoms with van der Waals surface area (Å²) in [6.45, 7) is 9.43. The molecule has 5 nitrogen and oxygen atoms in total. The first-order chi connectivity index (χ1) is 12.0. The van der Waals surface area contributed by atoms with Gasteiger partial charge in [-0.3, -0.25) is 0 Å². The molecule has 2 unspecified atom stereocenters. The molecule has 1 aromatic carbocycles. The van der Waals surface area contributed by atoms with Crippen LogP contribution < -0.4 is 10.5 Å². The van der Waals surface area contributed by atoms with Crippen LogP contribution >= 0.6 is 0 Å². The highest BCUT2D eigenvalue weighted by molar-refractivity contribution is 7.90. The summed E-state index contributed by atoms with van der Waals surface area (Å²) in [5.41, 5.74) is 7.07. The lowest BCUT2D eigenvalue weighted by Gasteiger charge is -2.29. The summed E-state index contributed by atoms with van der Waals surface area (Å²) in [6.07, 6.45) is 0. The predicted octanol–water partition coefficient (Wildman–Crippen LogP) is 3.55. The smallest absolute Gasteiger partial charge is 0.146 e. The molecule has 26 heavy (non-hydrogen) atoms. The van der Waals surface area contributed by atoms with Crippen LogP contribution in [0.4, 0.5) is 14.6 Å². The molecule has 1 heterocycles. The van der Waals surface area contributed by atoms with Crippen molar-refractivity contribution in [1.82, 2.24) is 14.9 Å². The quantitative estimate of drug-likeness (QED) is 0.772. The summed E-state index contributed by atoms with van der Waals surface area (Å²) < 4.78 is 42.3. The maximum absolute atomic E-state index is 13.6. The number of aromatic nitrogens is 2. The standard InChI is InChI=1S/C18H24F2N4OS/c1-10(11(2)24-26(25)18(3,4)5)15-9-16(21)22-23-17(15)12-6-13(19)8-14(20)7-12/h6-11,24H,1-5H3,(H2,21,22)/t10?,11-,26?/m0/s1. The Balaban J connectivity index is 2.40. The molecule has 0 aliphatic heterocycles. The molecule has 8 heteroatoms. The first-order valence-corrected chi connectivity index (χ1v) is 9.41. The maximum atomic E-state index is 13.6. The van der Waals surface area contributed by atoms with Gasteiger partial charge in [-0.2, -0.15) is 0 Å². The van der Waals surface area contributed by atoms with E-state index in [1.54, 1.807) is 6.07 Å². The van der Waals surface area contributed by atoms with Gasteiger partial charge in [-0.25, -0.2) is 8.78 Å². The number of hydrogen-bond acceptors (Lipinski definition) is 5. The van der Waals surface area contributed by atoms with E-state index in [9.17, 15) is 13.3 Å². The van der Waals surface area contributed by atoms with Gasteiger partial charge in [-0.15, -0.1) is 14.9 Å². The third kappa shape index (κ3) is 4.90. The second-order valence-corrected chi connectivity index (χ2v) is 9.31. The fourth-order valence-electron chi connectivity index (χ4n) is 2.40. The highest BCUT2D eigenvalue weighted by atomic mass is 32.2. The lowest BCUT2D eigenvalue weighted by molar-refractivity contribution is 0.502. The summed E-state index contributed by atoms with van der Waals surface area (Å²) >= 11 is -1.26. The molecule has 0 fully saturated rings. The third-order valence-corrected chi connectivity index (χ3v) is 5.77. The van der Waals surface area contributed by atoms with Gasteiger partial charge in [-0.1, -0.05) is 6.92 Å². The number of hydrogen-bond donors (Lipinski definition) is 2. The molecule has 1 aromatic heterocycles. The summed E-state index contributed by atoms with van der Waals surface area (Å²) in [5, 5.41) is 7.87. The zero-order chi connectivity index (χ0) is 19.6. The largest absolute Gasteiger partial charge is 0.598 e. The molecule has 2 rings (SSSR count). The first-order valence-electron chi connectivity index (χ1n) is 8.26. The van der Waals surface area contributed by atoms with Crippen LogP contribution in [0.1, 0.15) is 46.1 Å². The summed E-state index contributed by atoms with van der Waals surface area (Å²) in [7, 11) is 0. The summed E-state index contributed by atoms with van der Waals surface area (Å²) in [6, 6.07) is 4.63. The first kappa shape index (κ1) is 20.5. The van der Waals surface area contributed by atoms with E-state index in [1.165, 1.54) is 12.1 Å². The van der Waals surface area contributed by atoms with Gasteiger partial charge in [0, 0.05) is 28.9 Å². The van der Waals surface area contributed by atoms with Crippen LogP contribution in [-0.4, -0.2) is 25.5 Å². The van der Waals surface area contributed by atoms with E-state index in [1.807, 2.05) is 34.6 Å². The van der Waals surface area contributed by atoms with Crippen molar-refractivity contribution in [3.63, 3.8) is 0 Å². The highest BCUT2D eigenvalue weighted by Crippen LogP contribution is 2.31. The van der Waals surface area contributed by atoms with Gasteiger partial charge in [0.1, 0.15) is 22.2 Å². The van der Waals surface area contributed by atoms with Crippen molar-refractivity contribution in [3.8, 4) is 11.3 Å². The van der Waals surface area contributed by atoms with Crippen molar-refractivity contribution in [1.29, 1.82) is 0 Å². The van der Waals surface area contributed by atoms with E-state index in [2.05, 4.69) is 14.9 Å². The van der Waals surface area contributed by atoms with Crippen LogP contribution in [0, 0.1) is 11.6 Å². The molecule has 0 amide bonds. The zero-order valence-electron chi connectivity index (χ0n) is 15.5. The van der Waals surface area contributed by atoms with Crippen molar-refractivity contribution in [2.75, 3.05) is 5.73 Å². The molecule has 0 radical (unpaired) electrons. The number of halogens is 2. The summed E-state index contributed by atoms with van der Waals surface area (Å²) in [5.74, 6) is -1.37. The predicted molar refractivity (Wildman–Crippen MR) is 101 cm³/mol. The summed E-state index contributed by atoms with van der Waals surface area (Å²) in [4.78, 5) is 0. The Bertz CT molecular complexity index is 762. The van der Waals surface area contributed by atoms with Crippen molar-refractivity contribution >= 4 is 17.2 Å². The number of anilines is 1. The van der Waals surface area contributed by atoms with E-state index < -0.39 is 27.7 Å². The van der Waals surface area contributed by atoms with Crippen molar-refractivity contribution < 1.29 is 13.3 Å². The number of nitrogens with two attached hydrogens (primary N) is 1. The lowest BCUT2D eigenvalue weighted by atomic mass is 9.91. The van der Waals surface area contributed by atoms with Crippen molar-refractivity contribution in [3.05, 3.63) is 41.5 Å². The van der Waals surface area contributed by atoms with Crippen LogP contribution in [0.2, 0.25) is 0 Å². The minimum atomic E-state index is -1.26. The number of rotatable bonds is 5. The topological polar surface area (TPSA) is 86.9 Å². The van der Waals surface area contributed by atoms with Gasteiger partial charge in [0.25, 0.3) is 0 Å². The number of nitrogens with one attached hydrogen (secondary N) is 1. The van der Waals surface area contributed by atoms with Crippen LogP contribution in [0.15, 0.2) is 24.3 Å². The van der Waals surface area contributed by atoms with E-state index in [4.69, 9.17) is 5.73 Å². The Hall–Kier alpha value is -1.77. The molecule has 0 saturated carbocycles. The van der Waals surface area contributed by atoms with Gasteiger partial charge < -0.3 is 10.3 Å². The molecule has 0 bridgehead atoms. The number of nitrogens with zero attached hydrogens (tertiary/aromatic N) is 2. The number of benzene rings is 1. The second-order valence-electron chi connectivity index (χ2n) is 7.31. The average Bonchev–Trinajstić information content (AvgIpc) is 2.52. The minimum absolute atomic E-state index is 0.180. The van der Waals surface area contributed by atoms with Gasteiger partial charge >= 0.3 is 0 Å². The second kappa shape index (κ2) is 7.85. The van der Waals surface area contributed by atoms with E-state index in [0.717, 1.165) is 6.07 Å². The van der Waals surface area contributed by atoms with Crippen LogP contribution in [-0.2, 0) is 11.4 Å². The Kier molecular flexibility index (Phi) is 6.21. The molecule has 3 atom stereocenters. The van der Waals surface area contributed by atoms with E-state index >= 15 is 0 Å². The van der Waals surface area contributed by atoms with Crippen LogP contribution in [0.25, 0.3) is 11.3 Å². The van der Waals surface area contributed by atoms with Gasteiger partial charge in [-0.05, 0) is 51.5 Å².